The first kappa shape index (κ1) is 19.3. The van der Waals surface area contributed by atoms with Crippen LogP contribution in [0.25, 0.3) is 11.1 Å². The summed E-state index contributed by atoms with van der Waals surface area (Å²) in [5.74, 6) is -0.323. The van der Waals surface area contributed by atoms with Crippen molar-refractivity contribution in [1.82, 2.24) is 4.90 Å². The highest BCUT2D eigenvalue weighted by molar-refractivity contribution is 5.92. The van der Waals surface area contributed by atoms with Gasteiger partial charge in [0.2, 0.25) is 5.91 Å². The lowest BCUT2D eigenvalue weighted by atomic mass is 10.1. The van der Waals surface area contributed by atoms with E-state index in [0.717, 1.165) is 22.4 Å². The van der Waals surface area contributed by atoms with Crippen molar-refractivity contribution in [2.24, 2.45) is 0 Å². The Morgan fingerprint density at radius 1 is 0.966 bits per heavy atom. The maximum Gasteiger partial charge on any atom is 0.238 e. The van der Waals surface area contributed by atoms with Gasteiger partial charge in [0, 0.05) is 18.8 Å². The Kier molecular flexibility index (Phi) is 5.98. The minimum Gasteiger partial charge on any atom is -0.371 e. The van der Waals surface area contributed by atoms with E-state index in [9.17, 15) is 9.18 Å². The number of carbonyl (C=O) groups excluding carboxylic acids is 1. The number of nitrogens with zero attached hydrogens (tertiary/aromatic N) is 1. The topological polar surface area (TPSA) is 41.6 Å². The Labute approximate surface area is 169 Å². The van der Waals surface area contributed by atoms with Crippen molar-refractivity contribution in [1.29, 1.82) is 0 Å². The number of nitrogens with one attached hydrogen (secondary N) is 1. The van der Waals surface area contributed by atoms with E-state index in [-0.39, 0.29) is 17.8 Å². The zero-order valence-electron chi connectivity index (χ0n) is 16.1. The Bertz CT molecular complexity index is 943. The average Bonchev–Trinajstić information content (AvgIpc) is 2.75. The lowest BCUT2D eigenvalue weighted by molar-refractivity contribution is -0.119. The van der Waals surface area contributed by atoms with Crippen LogP contribution in [0.2, 0.25) is 0 Å². The lowest BCUT2D eigenvalue weighted by Crippen LogP contribution is -2.42. The van der Waals surface area contributed by atoms with Crippen LogP contribution in [0.5, 0.6) is 0 Å². The molecule has 3 aromatic rings. The summed E-state index contributed by atoms with van der Waals surface area (Å²) in [4.78, 5) is 14.5. The Balaban J connectivity index is 1.32. The number of rotatable bonds is 5. The molecular formula is C24H23FN2O2. The Hall–Kier alpha value is -3.02. The van der Waals surface area contributed by atoms with E-state index in [0.29, 0.717) is 26.2 Å². The molecule has 0 aromatic heterocycles. The summed E-state index contributed by atoms with van der Waals surface area (Å²) in [6.07, 6.45) is -0.151. The van der Waals surface area contributed by atoms with Crippen LogP contribution in [-0.4, -0.2) is 37.0 Å². The molecule has 1 aliphatic rings. The van der Waals surface area contributed by atoms with Crippen molar-refractivity contribution < 1.29 is 13.9 Å². The fourth-order valence-electron chi connectivity index (χ4n) is 3.51. The van der Waals surface area contributed by atoms with E-state index >= 15 is 0 Å². The third-order valence-electron chi connectivity index (χ3n) is 5.04. The monoisotopic (exact) mass is 390 g/mol. The van der Waals surface area contributed by atoms with E-state index in [4.69, 9.17) is 4.74 Å². The molecule has 0 spiro atoms. The molecule has 1 N–H and O–H groups in total. The fraction of sp³-hybridized carbons (Fsp3) is 0.208. The Morgan fingerprint density at radius 2 is 1.66 bits per heavy atom. The van der Waals surface area contributed by atoms with Gasteiger partial charge in [-0.2, -0.15) is 0 Å². The molecule has 3 aromatic carbocycles. The molecule has 0 radical (unpaired) electrons. The van der Waals surface area contributed by atoms with Gasteiger partial charge in [0.1, 0.15) is 5.82 Å². The second-order valence-electron chi connectivity index (χ2n) is 7.14. The molecule has 1 fully saturated rings. The molecule has 4 rings (SSSR count). The van der Waals surface area contributed by atoms with Gasteiger partial charge < -0.3 is 10.1 Å². The highest BCUT2D eigenvalue weighted by Crippen LogP contribution is 2.23. The second kappa shape index (κ2) is 8.99. The molecule has 4 nitrogen and oxygen atoms in total. The van der Waals surface area contributed by atoms with Crippen LogP contribution in [0.15, 0.2) is 78.9 Å². The maximum absolute atomic E-state index is 13.1. The number of morpholine rings is 1. The van der Waals surface area contributed by atoms with E-state index < -0.39 is 0 Å². The molecule has 1 atom stereocenters. The smallest absolute Gasteiger partial charge is 0.238 e. The number of benzene rings is 3. The first-order valence-corrected chi connectivity index (χ1v) is 9.72. The van der Waals surface area contributed by atoms with Crippen molar-refractivity contribution in [2.45, 2.75) is 6.10 Å². The van der Waals surface area contributed by atoms with Gasteiger partial charge in [-0.15, -0.1) is 0 Å². The molecule has 1 unspecified atom stereocenters. The van der Waals surface area contributed by atoms with E-state index in [1.807, 2.05) is 42.5 Å². The number of ether oxygens (including phenoxy) is 1. The SMILES string of the molecule is O=C(CN1CCOC(c2ccc(F)cc2)C1)Nc1ccc(-c2ccccc2)cc1. The molecule has 0 bridgehead atoms. The van der Waals surface area contributed by atoms with Crippen LogP contribution in [0.3, 0.4) is 0 Å². The van der Waals surface area contributed by atoms with Crippen LogP contribution < -0.4 is 5.32 Å². The van der Waals surface area contributed by atoms with Gasteiger partial charge in [-0.25, -0.2) is 4.39 Å². The number of hydrogen-bond donors (Lipinski definition) is 1. The largest absolute Gasteiger partial charge is 0.371 e. The van der Waals surface area contributed by atoms with E-state index in [1.54, 1.807) is 12.1 Å². The molecule has 1 amide bonds. The second-order valence-corrected chi connectivity index (χ2v) is 7.14. The zero-order valence-corrected chi connectivity index (χ0v) is 16.1. The number of anilines is 1. The predicted octanol–water partition coefficient (Wildman–Crippen LogP) is 4.50. The summed E-state index contributed by atoms with van der Waals surface area (Å²) in [7, 11) is 0. The summed E-state index contributed by atoms with van der Waals surface area (Å²) in [6, 6.07) is 24.3. The molecule has 29 heavy (non-hydrogen) atoms. The van der Waals surface area contributed by atoms with Crippen molar-refractivity contribution >= 4 is 11.6 Å². The van der Waals surface area contributed by atoms with Crippen LogP contribution in [0.1, 0.15) is 11.7 Å². The lowest BCUT2D eigenvalue weighted by Gasteiger charge is -2.32. The number of carbonyl (C=O) groups is 1. The van der Waals surface area contributed by atoms with E-state index in [2.05, 4.69) is 22.3 Å². The number of amides is 1. The van der Waals surface area contributed by atoms with Gasteiger partial charge in [0.15, 0.2) is 0 Å². The first-order valence-electron chi connectivity index (χ1n) is 9.72. The zero-order chi connectivity index (χ0) is 20.1. The van der Waals surface area contributed by atoms with Gasteiger partial charge >= 0.3 is 0 Å². The summed E-state index contributed by atoms with van der Waals surface area (Å²) in [6.45, 7) is 2.13. The molecule has 1 heterocycles. The minimum absolute atomic E-state index is 0.0581. The first-order chi connectivity index (χ1) is 14.2. The van der Waals surface area contributed by atoms with Crippen molar-refractivity contribution in [3.05, 3.63) is 90.2 Å². The average molecular weight is 390 g/mol. The standard InChI is InChI=1S/C24H23FN2O2/c25-21-10-6-20(7-11-21)23-16-27(14-15-29-23)17-24(28)26-22-12-8-19(9-13-22)18-4-2-1-3-5-18/h1-13,23H,14-17H2,(H,26,28). The third-order valence-corrected chi connectivity index (χ3v) is 5.04. The minimum atomic E-state index is -0.265. The maximum atomic E-state index is 13.1. The quantitative estimate of drug-likeness (QED) is 0.697. The summed E-state index contributed by atoms with van der Waals surface area (Å²) < 4.78 is 18.9. The molecule has 0 aliphatic carbocycles. The van der Waals surface area contributed by atoms with Gasteiger partial charge in [-0.3, -0.25) is 9.69 Å². The number of hydrogen-bond acceptors (Lipinski definition) is 3. The predicted molar refractivity (Wildman–Crippen MR) is 112 cm³/mol. The highest BCUT2D eigenvalue weighted by atomic mass is 19.1. The van der Waals surface area contributed by atoms with Crippen LogP contribution >= 0.6 is 0 Å². The van der Waals surface area contributed by atoms with Gasteiger partial charge in [0.25, 0.3) is 0 Å². The van der Waals surface area contributed by atoms with E-state index in [1.165, 1.54) is 12.1 Å². The molecule has 1 saturated heterocycles. The molecular weight excluding hydrogens is 367 g/mol. The van der Waals surface area contributed by atoms with Crippen molar-refractivity contribution in [3.63, 3.8) is 0 Å². The number of halogens is 1. The molecule has 0 saturated carbocycles. The van der Waals surface area contributed by atoms with Crippen molar-refractivity contribution in [3.8, 4) is 11.1 Å². The van der Waals surface area contributed by atoms with Gasteiger partial charge in [-0.05, 0) is 41.0 Å². The van der Waals surface area contributed by atoms with Crippen LogP contribution in [-0.2, 0) is 9.53 Å². The Morgan fingerprint density at radius 3 is 2.38 bits per heavy atom. The molecule has 1 aliphatic heterocycles. The fourth-order valence-corrected chi connectivity index (χ4v) is 3.51. The molecule has 148 valence electrons. The summed E-state index contributed by atoms with van der Waals surface area (Å²) in [5.41, 5.74) is 3.95. The van der Waals surface area contributed by atoms with Gasteiger partial charge in [0.05, 0.1) is 19.3 Å². The van der Waals surface area contributed by atoms with Gasteiger partial charge in [-0.1, -0.05) is 54.6 Å². The van der Waals surface area contributed by atoms with Crippen LogP contribution in [0, 0.1) is 5.82 Å². The van der Waals surface area contributed by atoms with Crippen molar-refractivity contribution in [2.75, 3.05) is 31.6 Å². The normalized spacial score (nSPS) is 17.1. The summed E-state index contributed by atoms with van der Waals surface area (Å²) in [5, 5.41) is 2.96. The summed E-state index contributed by atoms with van der Waals surface area (Å²) >= 11 is 0. The molecule has 5 heteroatoms. The van der Waals surface area contributed by atoms with Crippen LogP contribution in [0.4, 0.5) is 10.1 Å². The third kappa shape index (κ3) is 5.08. The highest BCUT2D eigenvalue weighted by Gasteiger charge is 2.23.